The van der Waals surface area contributed by atoms with E-state index < -0.39 is 0 Å². The van der Waals surface area contributed by atoms with Gasteiger partial charge in [-0.3, -0.25) is 0 Å². The average molecular weight is 238 g/mol. The van der Waals surface area contributed by atoms with E-state index in [9.17, 15) is 0 Å². The molecule has 0 spiro atoms. The maximum absolute atomic E-state index is 5.73. The third-order valence-electron chi connectivity index (χ3n) is 2.48. The van der Waals surface area contributed by atoms with E-state index in [1.54, 1.807) is 22.7 Å². The van der Waals surface area contributed by atoms with Crippen LogP contribution >= 0.6 is 22.7 Å². The maximum atomic E-state index is 5.73. The second kappa shape index (κ2) is 4.04. The molecule has 2 aromatic rings. The summed E-state index contributed by atoms with van der Waals surface area (Å²) in [6.45, 7) is 4.87. The molecule has 2 nitrogen and oxygen atoms in total. The van der Waals surface area contributed by atoms with Gasteiger partial charge in [-0.25, -0.2) is 4.98 Å². The second-order valence-corrected chi connectivity index (χ2v) is 5.78. The van der Waals surface area contributed by atoms with Crippen molar-refractivity contribution in [3.05, 3.63) is 27.9 Å². The van der Waals surface area contributed by atoms with E-state index >= 15 is 0 Å². The predicted molar refractivity (Wildman–Crippen MR) is 67.5 cm³/mol. The van der Waals surface area contributed by atoms with Gasteiger partial charge >= 0.3 is 0 Å². The van der Waals surface area contributed by atoms with Gasteiger partial charge in [-0.2, -0.15) is 11.3 Å². The molecule has 0 fully saturated rings. The van der Waals surface area contributed by atoms with Gasteiger partial charge in [0.25, 0.3) is 0 Å². The van der Waals surface area contributed by atoms with Crippen molar-refractivity contribution in [2.24, 2.45) is 5.73 Å². The van der Waals surface area contributed by atoms with Crippen molar-refractivity contribution in [3.63, 3.8) is 0 Å². The summed E-state index contributed by atoms with van der Waals surface area (Å²) >= 11 is 3.39. The summed E-state index contributed by atoms with van der Waals surface area (Å²) < 4.78 is 0. The summed E-state index contributed by atoms with van der Waals surface area (Å²) in [4.78, 5) is 4.64. The molecule has 0 unspecified atom stereocenters. The lowest BCUT2D eigenvalue weighted by Crippen LogP contribution is -2.28. The van der Waals surface area contributed by atoms with Crippen LogP contribution in [0.5, 0.6) is 0 Å². The minimum atomic E-state index is -0.0230. The van der Waals surface area contributed by atoms with Crippen molar-refractivity contribution in [1.82, 2.24) is 4.98 Å². The first-order valence-electron chi connectivity index (χ1n) is 4.82. The Kier molecular flexibility index (Phi) is 2.91. The van der Waals surface area contributed by atoms with Crippen LogP contribution < -0.4 is 5.73 Å². The van der Waals surface area contributed by atoms with Gasteiger partial charge in [-0.05, 0) is 11.4 Å². The molecule has 0 saturated heterocycles. The van der Waals surface area contributed by atoms with Crippen molar-refractivity contribution in [2.75, 3.05) is 6.54 Å². The van der Waals surface area contributed by atoms with E-state index in [0.717, 1.165) is 10.7 Å². The second-order valence-electron chi connectivity index (χ2n) is 4.14. The van der Waals surface area contributed by atoms with Crippen molar-refractivity contribution >= 4 is 22.7 Å². The van der Waals surface area contributed by atoms with Crippen LogP contribution in [0.15, 0.2) is 22.2 Å². The van der Waals surface area contributed by atoms with Crippen molar-refractivity contribution in [3.8, 4) is 10.6 Å². The molecule has 2 heterocycles. The molecule has 0 bridgehead atoms. The zero-order valence-corrected chi connectivity index (χ0v) is 10.5. The first kappa shape index (κ1) is 10.8. The summed E-state index contributed by atoms with van der Waals surface area (Å²) in [5.41, 5.74) is 8.02. The molecule has 4 heteroatoms. The van der Waals surface area contributed by atoms with E-state index in [-0.39, 0.29) is 5.41 Å². The maximum Gasteiger partial charge on any atom is 0.124 e. The number of thiazole rings is 1. The van der Waals surface area contributed by atoms with Gasteiger partial charge in [0.2, 0.25) is 0 Å². The smallest absolute Gasteiger partial charge is 0.124 e. The number of rotatable bonds is 3. The topological polar surface area (TPSA) is 38.9 Å². The standard InChI is InChI=1S/C11H14N2S2/c1-11(2,7-12)9-6-15-10(13-9)8-3-4-14-5-8/h3-6H,7,12H2,1-2H3. The number of nitrogens with two attached hydrogens (primary N) is 1. The van der Waals surface area contributed by atoms with E-state index in [4.69, 9.17) is 5.73 Å². The minimum absolute atomic E-state index is 0.0230. The van der Waals surface area contributed by atoms with E-state index in [1.807, 2.05) is 0 Å². The Labute approximate surface area is 97.8 Å². The van der Waals surface area contributed by atoms with Crippen LogP contribution in [0.1, 0.15) is 19.5 Å². The minimum Gasteiger partial charge on any atom is -0.330 e. The van der Waals surface area contributed by atoms with Gasteiger partial charge in [0.05, 0.1) is 5.69 Å². The first-order valence-corrected chi connectivity index (χ1v) is 6.64. The number of thiophene rings is 1. The zero-order valence-electron chi connectivity index (χ0n) is 8.86. The number of hydrogen-bond donors (Lipinski definition) is 1. The highest BCUT2D eigenvalue weighted by atomic mass is 32.1. The number of hydrogen-bond acceptors (Lipinski definition) is 4. The van der Waals surface area contributed by atoms with Crippen LogP contribution in [-0.2, 0) is 5.41 Å². The van der Waals surface area contributed by atoms with E-state index in [2.05, 4.69) is 41.0 Å². The fourth-order valence-electron chi connectivity index (χ4n) is 1.21. The van der Waals surface area contributed by atoms with E-state index in [1.165, 1.54) is 5.56 Å². The molecule has 0 amide bonds. The average Bonchev–Trinajstić information content (AvgIpc) is 2.88. The third kappa shape index (κ3) is 2.12. The van der Waals surface area contributed by atoms with Crippen LogP contribution in [0.25, 0.3) is 10.6 Å². The quantitative estimate of drug-likeness (QED) is 0.892. The molecule has 0 aliphatic heterocycles. The molecule has 2 rings (SSSR count). The summed E-state index contributed by atoms with van der Waals surface area (Å²) in [7, 11) is 0. The molecule has 0 radical (unpaired) electrons. The molecule has 0 saturated carbocycles. The molecule has 0 aliphatic rings. The number of nitrogens with zero attached hydrogens (tertiary/aromatic N) is 1. The zero-order chi connectivity index (χ0) is 10.9. The monoisotopic (exact) mass is 238 g/mol. The fraction of sp³-hybridized carbons (Fsp3) is 0.364. The molecule has 0 aliphatic carbocycles. The van der Waals surface area contributed by atoms with Gasteiger partial charge in [-0.15, -0.1) is 11.3 Å². The molecular formula is C11H14N2S2. The summed E-state index contributed by atoms with van der Waals surface area (Å²) in [6, 6.07) is 2.10. The van der Waals surface area contributed by atoms with Gasteiger partial charge in [0.15, 0.2) is 0 Å². The molecule has 15 heavy (non-hydrogen) atoms. The Balaban J connectivity index is 2.33. The molecule has 2 N–H and O–H groups in total. The summed E-state index contributed by atoms with van der Waals surface area (Å²) in [5, 5.41) is 7.40. The van der Waals surface area contributed by atoms with E-state index in [0.29, 0.717) is 6.54 Å². The molecule has 0 aromatic carbocycles. The van der Waals surface area contributed by atoms with Gasteiger partial charge < -0.3 is 5.73 Å². The van der Waals surface area contributed by atoms with Crippen LogP contribution in [-0.4, -0.2) is 11.5 Å². The highest BCUT2D eigenvalue weighted by Crippen LogP contribution is 2.30. The van der Waals surface area contributed by atoms with Gasteiger partial charge in [0.1, 0.15) is 5.01 Å². The Morgan fingerprint density at radius 1 is 1.40 bits per heavy atom. The Bertz CT molecular complexity index is 429. The third-order valence-corrected chi connectivity index (χ3v) is 4.05. The summed E-state index contributed by atoms with van der Waals surface area (Å²) in [6.07, 6.45) is 0. The van der Waals surface area contributed by atoms with Gasteiger partial charge in [-0.1, -0.05) is 13.8 Å². The van der Waals surface area contributed by atoms with Crippen molar-refractivity contribution < 1.29 is 0 Å². The van der Waals surface area contributed by atoms with Crippen LogP contribution in [0.4, 0.5) is 0 Å². The Morgan fingerprint density at radius 2 is 2.20 bits per heavy atom. The van der Waals surface area contributed by atoms with Crippen LogP contribution in [0, 0.1) is 0 Å². The van der Waals surface area contributed by atoms with Gasteiger partial charge in [0, 0.05) is 28.3 Å². The lowest BCUT2D eigenvalue weighted by molar-refractivity contribution is 0.525. The van der Waals surface area contributed by atoms with Crippen molar-refractivity contribution in [1.29, 1.82) is 0 Å². The first-order chi connectivity index (χ1) is 7.13. The predicted octanol–water partition coefficient (Wildman–Crippen LogP) is 3.11. The highest BCUT2D eigenvalue weighted by molar-refractivity contribution is 7.14. The molecular weight excluding hydrogens is 224 g/mol. The SMILES string of the molecule is CC(C)(CN)c1csc(-c2ccsc2)n1. The lowest BCUT2D eigenvalue weighted by atomic mass is 9.90. The summed E-state index contributed by atoms with van der Waals surface area (Å²) in [5.74, 6) is 0. The van der Waals surface area contributed by atoms with Crippen LogP contribution in [0.3, 0.4) is 0 Å². The number of aromatic nitrogens is 1. The largest absolute Gasteiger partial charge is 0.330 e. The van der Waals surface area contributed by atoms with Crippen molar-refractivity contribution in [2.45, 2.75) is 19.3 Å². The molecule has 80 valence electrons. The normalized spacial score (nSPS) is 11.9. The molecule has 0 atom stereocenters. The Morgan fingerprint density at radius 3 is 2.80 bits per heavy atom. The lowest BCUT2D eigenvalue weighted by Gasteiger charge is -2.19. The fourth-order valence-corrected chi connectivity index (χ4v) is 2.93. The molecule has 2 aromatic heterocycles. The highest BCUT2D eigenvalue weighted by Gasteiger charge is 2.22. The Hall–Kier alpha value is -0.710. The van der Waals surface area contributed by atoms with Crippen LogP contribution in [0.2, 0.25) is 0 Å².